The maximum absolute atomic E-state index is 11.5. The second kappa shape index (κ2) is 6.04. The van der Waals surface area contributed by atoms with E-state index in [1.807, 2.05) is 30.5 Å². The van der Waals surface area contributed by atoms with Gasteiger partial charge >= 0.3 is 5.97 Å². The third kappa shape index (κ3) is 3.34. The summed E-state index contributed by atoms with van der Waals surface area (Å²) in [6, 6.07) is 7.92. The Kier molecular flexibility index (Phi) is 4.18. The molecule has 1 aromatic carbocycles. The predicted octanol–water partition coefficient (Wildman–Crippen LogP) is 1.39. The van der Waals surface area contributed by atoms with Gasteiger partial charge in [0.1, 0.15) is 0 Å². The van der Waals surface area contributed by atoms with Gasteiger partial charge in [-0.2, -0.15) is 0 Å². The number of benzene rings is 1. The van der Waals surface area contributed by atoms with E-state index in [0.29, 0.717) is 6.42 Å². The molecule has 0 saturated heterocycles. The van der Waals surface area contributed by atoms with Gasteiger partial charge in [-0.3, -0.25) is 9.59 Å². The van der Waals surface area contributed by atoms with Gasteiger partial charge in [-0.1, -0.05) is 18.2 Å². The molecule has 5 heteroatoms. The van der Waals surface area contributed by atoms with Crippen LogP contribution >= 0.6 is 0 Å². The minimum absolute atomic E-state index is 0.219. The van der Waals surface area contributed by atoms with Gasteiger partial charge in [-0.15, -0.1) is 0 Å². The van der Waals surface area contributed by atoms with Gasteiger partial charge in [0.2, 0.25) is 0 Å². The lowest BCUT2D eigenvalue weighted by molar-refractivity contribution is -0.148. The van der Waals surface area contributed by atoms with Crippen LogP contribution in [-0.4, -0.2) is 30.5 Å². The molecule has 1 aromatic heterocycles. The van der Waals surface area contributed by atoms with Crippen LogP contribution < -0.4 is 5.32 Å². The second-order valence-corrected chi connectivity index (χ2v) is 4.19. The van der Waals surface area contributed by atoms with E-state index < -0.39 is 0 Å². The van der Waals surface area contributed by atoms with Crippen LogP contribution in [0.15, 0.2) is 30.5 Å². The van der Waals surface area contributed by atoms with Crippen LogP contribution in [0.25, 0.3) is 10.9 Å². The minimum Gasteiger partial charge on any atom is -0.456 e. The van der Waals surface area contributed by atoms with Crippen molar-refractivity contribution in [2.24, 2.45) is 0 Å². The van der Waals surface area contributed by atoms with Crippen molar-refractivity contribution in [3.05, 3.63) is 36.0 Å². The highest BCUT2D eigenvalue weighted by Gasteiger charge is 2.09. The molecule has 5 nitrogen and oxygen atoms in total. The Morgan fingerprint density at radius 1 is 1.32 bits per heavy atom. The van der Waals surface area contributed by atoms with Crippen LogP contribution in [0, 0.1) is 0 Å². The van der Waals surface area contributed by atoms with E-state index >= 15 is 0 Å². The van der Waals surface area contributed by atoms with Gasteiger partial charge in [-0.05, 0) is 18.1 Å². The van der Waals surface area contributed by atoms with Crippen LogP contribution in [-0.2, 0) is 20.7 Å². The van der Waals surface area contributed by atoms with Crippen molar-refractivity contribution in [1.82, 2.24) is 10.3 Å². The quantitative estimate of drug-likeness (QED) is 0.798. The van der Waals surface area contributed by atoms with Crippen LogP contribution in [0.4, 0.5) is 0 Å². The van der Waals surface area contributed by atoms with E-state index in [1.165, 1.54) is 7.05 Å². The van der Waals surface area contributed by atoms with Gasteiger partial charge in [0.15, 0.2) is 6.61 Å². The number of likely N-dealkylation sites (N-methyl/N-ethyl adjacent to an activating group) is 1. The molecular weight excluding hydrogens is 244 g/mol. The normalized spacial score (nSPS) is 10.4. The Labute approximate surface area is 110 Å². The first kappa shape index (κ1) is 13.1. The number of fused-ring (bicyclic) bond motifs is 1. The zero-order chi connectivity index (χ0) is 13.7. The van der Waals surface area contributed by atoms with Gasteiger partial charge in [0.25, 0.3) is 5.91 Å². The lowest BCUT2D eigenvalue weighted by atomic mass is 10.1. The summed E-state index contributed by atoms with van der Waals surface area (Å²) in [7, 11) is 1.50. The number of aromatic amines is 1. The second-order valence-electron chi connectivity index (χ2n) is 4.19. The summed E-state index contributed by atoms with van der Waals surface area (Å²) >= 11 is 0. The van der Waals surface area contributed by atoms with Crippen molar-refractivity contribution >= 4 is 22.8 Å². The first-order chi connectivity index (χ1) is 9.20. The summed E-state index contributed by atoms with van der Waals surface area (Å²) in [4.78, 5) is 25.6. The van der Waals surface area contributed by atoms with Crippen LogP contribution in [0.1, 0.15) is 12.0 Å². The molecule has 2 aromatic rings. The number of aryl methyl sites for hydroxylation is 1. The highest BCUT2D eigenvalue weighted by Crippen LogP contribution is 2.18. The molecule has 1 heterocycles. The first-order valence-corrected chi connectivity index (χ1v) is 6.12. The molecule has 19 heavy (non-hydrogen) atoms. The van der Waals surface area contributed by atoms with Crippen molar-refractivity contribution in [2.75, 3.05) is 13.7 Å². The number of ether oxygens (including phenoxy) is 1. The molecule has 100 valence electrons. The monoisotopic (exact) mass is 260 g/mol. The zero-order valence-corrected chi connectivity index (χ0v) is 10.7. The number of carbonyl (C=O) groups is 2. The number of esters is 1. The standard InChI is InChI=1S/C14H16N2O3/c1-15-13(17)9-19-14(18)7-6-10-8-16-12-5-3-2-4-11(10)12/h2-5,8,16H,6-7,9H2,1H3,(H,15,17). The molecule has 0 unspecified atom stereocenters. The molecule has 0 spiro atoms. The Morgan fingerprint density at radius 3 is 2.89 bits per heavy atom. The number of carbonyl (C=O) groups excluding carboxylic acids is 2. The number of para-hydroxylation sites is 1. The smallest absolute Gasteiger partial charge is 0.306 e. The van der Waals surface area contributed by atoms with Crippen molar-refractivity contribution in [2.45, 2.75) is 12.8 Å². The SMILES string of the molecule is CNC(=O)COC(=O)CCc1c[nH]c2ccccc12. The average molecular weight is 260 g/mol. The summed E-state index contributed by atoms with van der Waals surface area (Å²) < 4.78 is 4.84. The van der Waals surface area contributed by atoms with E-state index in [4.69, 9.17) is 4.74 Å². The van der Waals surface area contributed by atoms with E-state index in [2.05, 4.69) is 10.3 Å². The lowest BCUT2D eigenvalue weighted by Gasteiger charge is -2.03. The molecule has 1 amide bonds. The van der Waals surface area contributed by atoms with Crippen LogP contribution in [0.2, 0.25) is 0 Å². The molecule has 0 radical (unpaired) electrons. The maximum atomic E-state index is 11.5. The number of amides is 1. The van der Waals surface area contributed by atoms with Gasteiger partial charge in [0.05, 0.1) is 0 Å². The Bertz CT molecular complexity index is 589. The fourth-order valence-electron chi connectivity index (χ4n) is 1.87. The Balaban J connectivity index is 1.88. The molecule has 0 atom stereocenters. The largest absolute Gasteiger partial charge is 0.456 e. The third-order valence-electron chi connectivity index (χ3n) is 2.92. The number of rotatable bonds is 5. The average Bonchev–Trinajstić information content (AvgIpc) is 2.85. The fraction of sp³-hybridized carbons (Fsp3) is 0.286. The molecule has 0 saturated carbocycles. The maximum Gasteiger partial charge on any atom is 0.306 e. The van der Waals surface area contributed by atoms with Gasteiger partial charge < -0.3 is 15.0 Å². The van der Waals surface area contributed by atoms with Crippen LogP contribution in [0.5, 0.6) is 0 Å². The molecule has 0 aliphatic heterocycles. The molecule has 0 bridgehead atoms. The molecular formula is C14H16N2O3. The Hall–Kier alpha value is -2.30. The summed E-state index contributed by atoms with van der Waals surface area (Å²) in [6.45, 7) is -0.219. The van der Waals surface area contributed by atoms with Crippen molar-refractivity contribution in [3.63, 3.8) is 0 Å². The molecule has 0 fully saturated rings. The lowest BCUT2D eigenvalue weighted by Crippen LogP contribution is -2.25. The molecule has 0 aliphatic carbocycles. The topological polar surface area (TPSA) is 71.2 Å². The number of hydrogen-bond acceptors (Lipinski definition) is 3. The summed E-state index contributed by atoms with van der Waals surface area (Å²) in [5, 5.41) is 3.51. The first-order valence-electron chi connectivity index (χ1n) is 6.12. The molecule has 2 N–H and O–H groups in total. The van der Waals surface area contributed by atoms with E-state index in [-0.39, 0.29) is 24.9 Å². The summed E-state index contributed by atoms with van der Waals surface area (Å²) in [5.41, 5.74) is 2.13. The van der Waals surface area contributed by atoms with E-state index in [9.17, 15) is 9.59 Å². The zero-order valence-electron chi connectivity index (χ0n) is 10.7. The highest BCUT2D eigenvalue weighted by atomic mass is 16.5. The highest BCUT2D eigenvalue weighted by molar-refractivity contribution is 5.84. The number of nitrogens with one attached hydrogen (secondary N) is 2. The molecule has 0 aliphatic rings. The number of aromatic nitrogens is 1. The fourth-order valence-corrected chi connectivity index (χ4v) is 1.87. The summed E-state index contributed by atoms with van der Waals surface area (Å²) in [5.74, 6) is -0.672. The third-order valence-corrected chi connectivity index (χ3v) is 2.92. The van der Waals surface area contributed by atoms with Gasteiger partial charge in [0, 0.05) is 30.6 Å². The number of H-pyrrole nitrogens is 1. The summed E-state index contributed by atoms with van der Waals surface area (Å²) in [6.07, 6.45) is 2.76. The minimum atomic E-state index is -0.367. The van der Waals surface area contributed by atoms with Crippen LogP contribution in [0.3, 0.4) is 0 Å². The van der Waals surface area contributed by atoms with Crippen molar-refractivity contribution in [1.29, 1.82) is 0 Å². The predicted molar refractivity (Wildman–Crippen MR) is 71.6 cm³/mol. The van der Waals surface area contributed by atoms with Crippen molar-refractivity contribution in [3.8, 4) is 0 Å². The Morgan fingerprint density at radius 2 is 2.11 bits per heavy atom. The van der Waals surface area contributed by atoms with E-state index in [1.54, 1.807) is 0 Å². The van der Waals surface area contributed by atoms with Gasteiger partial charge in [-0.25, -0.2) is 0 Å². The number of hydrogen-bond donors (Lipinski definition) is 2. The van der Waals surface area contributed by atoms with E-state index in [0.717, 1.165) is 16.5 Å². The molecule has 2 rings (SSSR count). The van der Waals surface area contributed by atoms with Crippen molar-refractivity contribution < 1.29 is 14.3 Å².